The van der Waals surface area contributed by atoms with Crippen molar-refractivity contribution >= 4 is 29.4 Å². The highest BCUT2D eigenvalue weighted by atomic mass is 32.2. The molecular weight excluding hydrogens is 310 g/mol. The number of benzene rings is 2. The Labute approximate surface area is 140 Å². The number of hydrogen-bond acceptors (Lipinski definition) is 3. The Morgan fingerprint density at radius 3 is 2.36 bits per heavy atom. The van der Waals surface area contributed by atoms with E-state index in [2.05, 4.69) is 29.6 Å². The molecule has 0 spiro atoms. The van der Waals surface area contributed by atoms with Crippen molar-refractivity contribution in [1.29, 1.82) is 0 Å². The van der Waals surface area contributed by atoms with Crippen molar-refractivity contribution in [1.82, 2.24) is 5.32 Å². The Morgan fingerprint density at radius 1 is 1.00 bits per heavy atom. The van der Waals surface area contributed by atoms with E-state index >= 15 is 0 Å². The van der Waals surface area contributed by atoms with Crippen molar-refractivity contribution in [3.8, 4) is 0 Å². The lowest BCUT2D eigenvalue weighted by molar-refractivity contribution is 0.0954. The molecule has 1 amide bonds. The standard InChI is InChI=1S/C18H19NOS2/c20-17(19-11-10-14-4-2-1-3-5-14)15-6-8-16(9-7-15)18-21-12-13-22-18/h1-9,18H,10-13H2,(H,19,20). The van der Waals surface area contributed by atoms with Gasteiger partial charge in [-0.05, 0) is 29.7 Å². The van der Waals surface area contributed by atoms with Gasteiger partial charge in [-0.25, -0.2) is 0 Å². The molecule has 0 aromatic heterocycles. The van der Waals surface area contributed by atoms with Crippen LogP contribution in [0.25, 0.3) is 0 Å². The molecule has 2 aromatic rings. The molecule has 1 N–H and O–H groups in total. The van der Waals surface area contributed by atoms with E-state index in [1.54, 1.807) is 0 Å². The summed E-state index contributed by atoms with van der Waals surface area (Å²) in [5.41, 5.74) is 3.30. The molecule has 0 radical (unpaired) electrons. The number of rotatable bonds is 5. The number of thioether (sulfide) groups is 2. The van der Waals surface area contributed by atoms with Gasteiger partial charge < -0.3 is 5.32 Å². The van der Waals surface area contributed by atoms with Crippen molar-refractivity contribution in [2.24, 2.45) is 0 Å². The van der Waals surface area contributed by atoms with Gasteiger partial charge in [0, 0.05) is 23.6 Å². The molecule has 1 heterocycles. The zero-order chi connectivity index (χ0) is 15.2. The smallest absolute Gasteiger partial charge is 0.251 e. The van der Waals surface area contributed by atoms with Crippen LogP contribution in [0.1, 0.15) is 26.1 Å². The van der Waals surface area contributed by atoms with Crippen LogP contribution in [0.5, 0.6) is 0 Å². The van der Waals surface area contributed by atoms with Gasteiger partial charge in [0.25, 0.3) is 5.91 Å². The van der Waals surface area contributed by atoms with Crippen LogP contribution in [0, 0.1) is 0 Å². The predicted octanol–water partition coefficient (Wildman–Crippen LogP) is 4.14. The van der Waals surface area contributed by atoms with E-state index < -0.39 is 0 Å². The molecule has 114 valence electrons. The summed E-state index contributed by atoms with van der Waals surface area (Å²) in [6.45, 7) is 0.666. The molecule has 2 nitrogen and oxygen atoms in total. The van der Waals surface area contributed by atoms with Gasteiger partial charge in [0.1, 0.15) is 0 Å². The highest BCUT2D eigenvalue weighted by Gasteiger charge is 2.18. The van der Waals surface area contributed by atoms with Crippen LogP contribution in [-0.2, 0) is 6.42 Å². The largest absolute Gasteiger partial charge is 0.352 e. The van der Waals surface area contributed by atoms with Crippen molar-refractivity contribution in [3.05, 3.63) is 71.3 Å². The monoisotopic (exact) mass is 329 g/mol. The minimum absolute atomic E-state index is 0.00853. The van der Waals surface area contributed by atoms with Gasteiger partial charge in [-0.2, -0.15) is 0 Å². The second-order valence-electron chi connectivity index (χ2n) is 5.19. The van der Waals surface area contributed by atoms with Crippen LogP contribution in [0.3, 0.4) is 0 Å². The normalized spacial score (nSPS) is 14.9. The van der Waals surface area contributed by atoms with Gasteiger partial charge in [0.05, 0.1) is 4.58 Å². The summed E-state index contributed by atoms with van der Waals surface area (Å²) >= 11 is 3.97. The minimum atomic E-state index is 0.00853. The lowest BCUT2D eigenvalue weighted by Crippen LogP contribution is -2.25. The Kier molecular flexibility index (Phi) is 5.46. The molecule has 3 rings (SSSR count). The Bertz CT molecular complexity index is 607. The number of hydrogen-bond donors (Lipinski definition) is 1. The predicted molar refractivity (Wildman–Crippen MR) is 96.6 cm³/mol. The Hall–Kier alpha value is -1.39. The van der Waals surface area contributed by atoms with Crippen molar-refractivity contribution < 1.29 is 4.79 Å². The molecule has 0 bridgehead atoms. The molecule has 1 aliphatic rings. The van der Waals surface area contributed by atoms with Crippen LogP contribution in [0.2, 0.25) is 0 Å². The van der Waals surface area contributed by atoms with E-state index in [-0.39, 0.29) is 5.91 Å². The molecule has 1 fully saturated rings. The molecule has 0 unspecified atom stereocenters. The first-order valence-electron chi connectivity index (χ1n) is 7.48. The van der Waals surface area contributed by atoms with Crippen molar-refractivity contribution in [2.75, 3.05) is 18.1 Å². The van der Waals surface area contributed by atoms with Gasteiger partial charge in [0.15, 0.2) is 0 Å². The van der Waals surface area contributed by atoms with Crippen LogP contribution in [0.4, 0.5) is 0 Å². The van der Waals surface area contributed by atoms with E-state index in [4.69, 9.17) is 0 Å². The van der Waals surface area contributed by atoms with Gasteiger partial charge >= 0.3 is 0 Å². The topological polar surface area (TPSA) is 29.1 Å². The molecule has 0 aliphatic carbocycles. The zero-order valence-electron chi connectivity index (χ0n) is 12.3. The summed E-state index contributed by atoms with van der Waals surface area (Å²) < 4.78 is 0.537. The van der Waals surface area contributed by atoms with Gasteiger partial charge in [-0.1, -0.05) is 42.5 Å². The Balaban J connectivity index is 1.51. The lowest BCUT2D eigenvalue weighted by Gasteiger charge is -2.09. The van der Waals surface area contributed by atoms with Crippen LogP contribution in [-0.4, -0.2) is 24.0 Å². The minimum Gasteiger partial charge on any atom is -0.352 e. The Morgan fingerprint density at radius 2 is 1.68 bits per heavy atom. The summed E-state index contributed by atoms with van der Waals surface area (Å²) in [4.78, 5) is 12.1. The third-order valence-electron chi connectivity index (χ3n) is 3.61. The molecule has 4 heteroatoms. The molecule has 2 aromatic carbocycles. The highest BCUT2D eigenvalue weighted by molar-refractivity contribution is 8.19. The van der Waals surface area contributed by atoms with Gasteiger partial charge in [-0.3, -0.25) is 4.79 Å². The van der Waals surface area contributed by atoms with Crippen molar-refractivity contribution in [3.63, 3.8) is 0 Å². The molecule has 22 heavy (non-hydrogen) atoms. The average molecular weight is 329 g/mol. The third-order valence-corrected chi connectivity index (χ3v) is 6.71. The fourth-order valence-electron chi connectivity index (χ4n) is 2.41. The molecule has 0 atom stereocenters. The highest BCUT2D eigenvalue weighted by Crippen LogP contribution is 2.45. The lowest BCUT2D eigenvalue weighted by atomic mass is 10.1. The number of nitrogens with one attached hydrogen (secondary N) is 1. The first-order chi connectivity index (χ1) is 10.8. The van der Waals surface area contributed by atoms with E-state index in [9.17, 15) is 4.79 Å². The number of amides is 1. The second kappa shape index (κ2) is 7.75. The van der Waals surface area contributed by atoms with E-state index in [1.165, 1.54) is 22.6 Å². The quantitative estimate of drug-likeness (QED) is 0.894. The zero-order valence-corrected chi connectivity index (χ0v) is 14.0. The summed E-state index contributed by atoms with van der Waals surface area (Å²) in [5.74, 6) is 2.45. The fraction of sp³-hybridized carbons (Fsp3) is 0.278. The number of carbonyl (C=O) groups excluding carboxylic acids is 1. The van der Waals surface area contributed by atoms with Crippen LogP contribution in [0.15, 0.2) is 54.6 Å². The average Bonchev–Trinajstić information content (AvgIpc) is 3.10. The SMILES string of the molecule is O=C(NCCc1ccccc1)c1ccc(C2SCCS2)cc1. The summed E-state index contributed by atoms with van der Waals surface area (Å²) in [6, 6.07) is 18.3. The first-order valence-corrected chi connectivity index (χ1v) is 9.58. The van der Waals surface area contributed by atoms with Crippen LogP contribution < -0.4 is 5.32 Å². The third kappa shape index (κ3) is 4.08. The van der Waals surface area contributed by atoms with Crippen molar-refractivity contribution in [2.45, 2.75) is 11.0 Å². The van der Waals surface area contributed by atoms with E-state index in [1.807, 2.05) is 53.9 Å². The van der Waals surface area contributed by atoms with E-state index in [0.29, 0.717) is 11.1 Å². The first kappa shape index (κ1) is 15.5. The molecule has 0 saturated carbocycles. The van der Waals surface area contributed by atoms with E-state index in [0.717, 1.165) is 12.0 Å². The summed E-state index contributed by atoms with van der Waals surface area (Å²) in [6.07, 6.45) is 0.861. The number of carbonyl (C=O) groups is 1. The maximum absolute atomic E-state index is 12.1. The molecule has 1 aliphatic heterocycles. The van der Waals surface area contributed by atoms with Gasteiger partial charge in [-0.15, -0.1) is 23.5 Å². The van der Waals surface area contributed by atoms with Crippen LogP contribution >= 0.6 is 23.5 Å². The van der Waals surface area contributed by atoms with Gasteiger partial charge in [0.2, 0.25) is 0 Å². The summed E-state index contributed by atoms with van der Waals surface area (Å²) in [5, 5.41) is 2.99. The molecular formula is C18H19NOS2. The second-order valence-corrected chi connectivity index (χ2v) is 7.91. The maximum Gasteiger partial charge on any atom is 0.251 e. The summed E-state index contributed by atoms with van der Waals surface area (Å²) in [7, 11) is 0. The molecule has 1 saturated heterocycles. The maximum atomic E-state index is 12.1. The fourth-order valence-corrected chi connectivity index (χ4v) is 5.27.